The second-order valence-electron chi connectivity index (χ2n) is 2.02. The highest BCUT2D eigenvalue weighted by molar-refractivity contribution is 14.1. The zero-order chi connectivity index (χ0) is 6.85. The van der Waals surface area contributed by atoms with Crippen LogP contribution >= 0.6 is 22.6 Å². The van der Waals surface area contributed by atoms with Crippen molar-refractivity contribution in [3.8, 4) is 0 Å². The normalized spacial score (nSPS) is 9.67. The quantitative estimate of drug-likeness (QED) is 0.626. The zero-order valence-corrected chi connectivity index (χ0v) is 7.64. The van der Waals surface area contributed by atoms with Gasteiger partial charge in [0.1, 0.15) is 0 Å². The van der Waals surface area contributed by atoms with Crippen LogP contribution in [0.15, 0.2) is 12.1 Å². The molecule has 0 radical (unpaired) electrons. The molecule has 1 rings (SSSR count). The summed E-state index contributed by atoms with van der Waals surface area (Å²) in [5.74, 6) is 0. The Labute approximate surface area is 68.6 Å². The minimum absolute atomic E-state index is 1.09. The van der Waals surface area contributed by atoms with E-state index in [1.54, 1.807) is 0 Å². The van der Waals surface area contributed by atoms with Crippen LogP contribution in [0.25, 0.3) is 0 Å². The van der Waals surface area contributed by atoms with Crippen LogP contribution in [0.5, 0.6) is 0 Å². The van der Waals surface area contributed by atoms with Crippen LogP contribution in [0.3, 0.4) is 0 Å². The monoisotopic (exact) mass is 233 g/mol. The second kappa shape index (κ2) is 2.64. The summed E-state index contributed by atoms with van der Waals surface area (Å²) in [6.45, 7) is 4.03. The van der Waals surface area contributed by atoms with Crippen LogP contribution in [0.1, 0.15) is 11.4 Å². The van der Waals surface area contributed by atoms with E-state index < -0.39 is 0 Å². The SMILES string of the molecule is Cc1ccc(I)c(C)n1. The fourth-order valence-corrected chi connectivity index (χ4v) is 0.970. The van der Waals surface area contributed by atoms with Crippen molar-refractivity contribution >= 4 is 22.6 Å². The summed E-state index contributed by atoms with van der Waals surface area (Å²) in [6.07, 6.45) is 0. The molecule has 0 fully saturated rings. The number of nitrogens with zero attached hydrogens (tertiary/aromatic N) is 1. The molecule has 0 spiro atoms. The molecule has 0 bridgehead atoms. The number of rotatable bonds is 0. The van der Waals surface area contributed by atoms with E-state index in [2.05, 4.69) is 33.6 Å². The molecule has 0 amide bonds. The van der Waals surface area contributed by atoms with Crippen molar-refractivity contribution in [2.75, 3.05) is 0 Å². The molecule has 0 aromatic carbocycles. The molecule has 0 N–H and O–H groups in total. The van der Waals surface area contributed by atoms with E-state index in [0.29, 0.717) is 0 Å². The maximum atomic E-state index is 4.27. The summed E-state index contributed by atoms with van der Waals surface area (Å²) >= 11 is 2.28. The average molecular weight is 233 g/mol. The van der Waals surface area contributed by atoms with E-state index in [4.69, 9.17) is 0 Å². The first-order valence-electron chi connectivity index (χ1n) is 2.80. The standard InChI is InChI=1S/C7H8IN/c1-5-3-4-7(8)6(2)9-5/h3-4H,1-2H3. The molecule has 0 atom stereocenters. The van der Waals surface area contributed by atoms with Gasteiger partial charge in [0, 0.05) is 9.26 Å². The molecular weight excluding hydrogens is 225 g/mol. The summed E-state index contributed by atoms with van der Waals surface area (Å²) in [6, 6.07) is 4.10. The molecule has 48 valence electrons. The van der Waals surface area contributed by atoms with Crippen LogP contribution < -0.4 is 0 Å². The molecule has 0 unspecified atom stereocenters. The number of aryl methyl sites for hydroxylation is 2. The summed E-state index contributed by atoms with van der Waals surface area (Å²) in [5.41, 5.74) is 2.21. The molecule has 0 aliphatic carbocycles. The smallest absolute Gasteiger partial charge is 0.0509 e. The molecule has 1 aromatic rings. The molecule has 0 saturated carbocycles. The van der Waals surface area contributed by atoms with Gasteiger partial charge in [-0.2, -0.15) is 0 Å². The van der Waals surface area contributed by atoms with E-state index in [1.807, 2.05) is 19.9 Å². The van der Waals surface area contributed by atoms with Gasteiger partial charge in [-0.3, -0.25) is 4.98 Å². The lowest BCUT2D eigenvalue weighted by Gasteiger charge is -1.95. The maximum Gasteiger partial charge on any atom is 0.0509 e. The van der Waals surface area contributed by atoms with Crippen molar-refractivity contribution < 1.29 is 0 Å². The highest BCUT2D eigenvalue weighted by Crippen LogP contribution is 2.07. The van der Waals surface area contributed by atoms with E-state index in [1.165, 1.54) is 3.57 Å². The van der Waals surface area contributed by atoms with Crippen molar-refractivity contribution in [3.63, 3.8) is 0 Å². The fraction of sp³-hybridized carbons (Fsp3) is 0.286. The van der Waals surface area contributed by atoms with Gasteiger partial charge < -0.3 is 0 Å². The topological polar surface area (TPSA) is 12.9 Å². The number of hydrogen-bond acceptors (Lipinski definition) is 1. The van der Waals surface area contributed by atoms with Gasteiger partial charge in [0.2, 0.25) is 0 Å². The van der Waals surface area contributed by atoms with Gasteiger partial charge in [0.25, 0.3) is 0 Å². The van der Waals surface area contributed by atoms with Gasteiger partial charge in [-0.15, -0.1) is 0 Å². The van der Waals surface area contributed by atoms with Crippen LogP contribution in [-0.2, 0) is 0 Å². The van der Waals surface area contributed by atoms with E-state index >= 15 is 0 Å². The van der Waals surface area contributed by atoms with Crippen molar-refractivity contribution in [1.29, 1.82) is 0 Å². The first-order valence-corrected chi connectivity index (χ1v) is 3.88. The van der Waals surface area contributed by atoms with Gasteiger partial charge in [-0.25, -0.2) is 0 Å². The Morgan fingerprint density at radius 3 is 2.44 bits per heavy atom. The van der Waals surface area contributed by atoms with Crippen molar-refractivity contribution in [3.05, 3.63) is 27.1 Å². The summed E-state index contributed by atoms with van der Waals surface area (Å²) in [5, 5.41) is 0. The maximum absolute atomic E-state index is 4.27. The van der Waals surface area contributed by atoms with E-state index in [-0.39, 0.29) is 0 Å². The Kier molecular flexibility index (Phi) is 2.05. The molecule has 1 heterocycles. The summed E-state index contributed by atoms with van der Waals surface area (Å²) in [4.78, 5) is 4.27. The number of pyridine rings is 1. The first-order chi connectivity index (χ1) is 4.20. The third-order valence-corrected chi connectivity index (χ3v) is 2.30. The first kappa shape index (κ1) is 6.99. The Hall–Kier alpha value is -0.120. The lowest BCUT2D eigenvalue weighted by atomic mass is 10.3. The predicted molar refractivity (Wildman–Crippen MR) is 46.4 cm³/mol. The molecule has 2 heteroatoms. The minimum Gasteiger partial charge on any atom is -0.257 e. The predicted octanol–water partition coefficient (Wildman–Crippen LogP) is 2.30. The Balaban J connectivity index is 3.17. The highest BCUT2D eigenvalue weighted by Gasteiger charge is 1.92. The number of aromatic nitrogens is 1. The van der Waals surface area contributed by atoms with Crippen LogP contribution in [0.4, 0.5) is 0 Å². The van der Waals surface area contributed by atoms with Crippen LogP contribution in [0.2, 0.25) is 0 Å². The highest BCUT2D eigenvalue weighted by atomic mass is 127. The number of hydrogen-bond donors (Lipinski definition) is 0. The van der Waals surface area contributed by atoms with Gasteiger partial charge >= 0.3 is 0 Å². The lowest BCUT2D eigenvalue weighted by molar-refractivity contribution is 1.11. The summed E-state index contributed by atoms with van der Waals surface area (Å²) < 4.78 is 1.23. The van der Waals surface area contributed by atoms with Gasteiger partial charge in [-0.1, -0.05) is 0 Å². The summed E-state index contributed by atoms with van der Waals surface area (Å²) in [7, 11) is 0. The molecule has 1 nitrogen and oxygen atoms in total. The molecule has 0 saturated heterocycles. The lowest BCUT2D eigenvalue weighted by Crippen LogP contribution is -1.87. The largest absolute Gasteiger partial charge is 0.257 e. The van der Waals surface area contributed by atoms with Crippen molar-refractivity contribution in [2.24, 2.45) is 0 Å². The Bertz CT molecular complexity index is 220. The second-order valence-corrected chi connectivity index (χ2v) is 3.18. The van der Waals surface area contributed by atoms with Crippen LogP contribution in [-0.4, -0.2) is 4.98 Å². The zero-order valence-electron chi connectivity index (χ0n) is 5.48. The third-order valence-electron chi connectivity index (χ3n) is 1.16. The van der Waals surface area contributed by atoms with Gasteiger partial charge in [0.15, 0.2) is 0 Å². The Morgan fingerprint density at radius 1 is 1.33 bits per heavy atom. The van der Waals surface area contributed by atoms with Crippen molar-refractivity contribution in [1.82, 2.24) is 4.98 Å². The van der Waals surface area contributed by atoms with Gasteiger partial charge in [0.05, 0.1) is 5.69 Å². The van der Waals surface area contributed by atoms with Gasteiger partial charge in [-0.05, 0) is 48.6 Å². The fourth-order valence-electron chi connectivity index (χ4n) is 0.670. The van der Waals surface area contributed by atoms with Crippen molar-refractivity contribution in [2.45, 2.75) is 13.8 Å². The molecule has 0 aliphatic rings. The number of halogens is 1. The third kappa shape index (κ3) is 1.64. The molecule has 1 aromatic heterocycles. The van der Waals surface area contributed by atoms with E-state index in [9.17, 15) is 0 Å². The molecular formula is C7H8IN. The average Bonchev–Trinajstić information content (AvgIpc) is 1.80. The molecule has 0 aliphatic heterocycles. The Morgan fingerprint density at radius 2 is 2.00 bits per heavy atom. The molecule has 9 heavy (non-hydrogen) atoms. The van der Waals surface area contributed by atoms with E-state index in [0.717, 1.165) is 11.4 Å². The minimum atomic E-state index is 1.09. The van der Waals surface area contributed by atoms with Crippen LogP contribution in [0, 0.1) is 17.4 Å².